The maximum absolute atomic E-state index is 12.8. The summed E-state index contributed by atoms with van der Waals surface area (Å²) in [6.07, 6.45) is -0.771. The number of para-hydroxylation sites is 1. The minimum Gasteiger partial charge on any atom is -0.497 e. The summed E-state index contributed by atoms with van der Waals surface area (Å²) in [5.74, 6) is -0.0458. The van der Waals surface area contributed by atoms with Crippen molar-refractivity contribution in [3.05, 3.63) is 84.4 Å². The predicted octanol–water partition coefficient (Wildman–Crippen LogP) is 4.17. The second kappa shape index (κ2) is 8.52. The van der Waals surface area contributed by atoms with E-state index < -0.39 is 24.2 Å². The van der Waals surface area contributed by atoms with Crippen LogP contribution in [0.3, 0.4) is 0 Å². The van der Waals surface area contributed by atoms with Gasteiger partial charge in [0.15, 0.2) is 0 Å². The zero-order chi connectivity index (χ0) is 22.0. The van der Waals surface area contributed by atoms with Crippen LogP contribution in [0, 0.1) is 0 Å². The van der Waals surface area contributed by atoms with Gasteiger partial charge in [-0.1, -0.05) is 54.6 Å². The van der Waals surface area contributed by atoms with Crippen LogP contribution in [-0.4, -0.2) is 41.1 Å². The van der Waals surface area contributed by atoms with Crippen LogP contribution in [0.1, 0.15) is 18.5 Å². The Morgan fingerprint density at radius 1 is 0.935 bits per heavy atom. The fraction of sp³-hybridized carbons (Fsp3) is 0.200. The number of nitrogens with zero attached hydrogens (tertiary/aromatic N) is 1. The van der Waals surface area contributed by atoms with Crippen molar-refractivity contribution in [1.29, 1.82) is 0 Å². The SMILES string of the molecule is COc1cccc(-c2ccc([C@H]3[C@@H](Oc4ccccc4)C(=O)N3[C@@H](C)C(=O)O)cc2)c1. The number of hydrogen-bond donors (Lipinski definition) is 1. The Kier molecular flexibility index (Phi) is 5.62. The Hall–Kier alpha value is -3.80. The van der Waals surface area contributed by atoms with Gasteiger partial charge in [-0.05, 0) is 47.9 Å². The number of β-lactam (4-membered cyclic amide) rings is 1. The van der Waals surface area contributed by atoms with Gasteiger partial charge >= 0.3 is 5.97 Å². The Morgan fingerprint density at radius 3 is 2.26 bits per heavy atom. The van der Waals surface area contributed by atoms with Gasteiger partial charge in [0.1, 0.15) is 23.6 Å². The number of benzene rings is 3. The molecule has 1 N–H and O–H groups in total. The summed E-state index contributed by atoms with van der Waals surface area (Å²) in [6, 6.07) is 23.1. The average Bonchev–Trinajstić information content (AvgIpc) is 2.81. The van der Waals surface area contributed by atoms with Gasteiger partial charge in [-0.15, -0.1) is 0 Å². The fourth-order valence-corrected chi connectivity index (χ4v) is 3.80. The van der Waals surface area contributed by atoms with Gasteiger partial charge < -0.3 is 19.5 Å². The zero-order valence-electron chi connectivity index (χ0n) is 17.3. The quantitative estimate of drug-likeness (QED) is 0.584. The van der Waals surface area contributed by atoms with Crippen LogP contribution in [0.4, 0.5) is 0 Å². The third-order valence-electron chi connectivity index (χ3n) is 5.52. The van der Waals surface area contributed by atoms with E-state index in [0.717, 1.165) is 22.4 Å². The maximum Gasteiger partial charge on any atom is 0.326 e. The highest BCUT2D eigenvalue weighted by atomic mass is 16.5. The molecule has 0 spiro atoms. The minimum absolute atomic E-state index is 0.333. The number of carboxylic acid groups (broad SMARTS) is 1. The number of amides is 1. The van der Waals surface area contributed by atoms with Gasteiger partial charge in [0.25, 0.3) is 5.91 Å². The standard InChI is InChI=1S/C25H23NO5/c1-16(25(28)29)26-22(23(24(26)27)31-20-8-4-3-5-9-20)18-13-11-17(12-14-18)19-7-6-10-21(15-19)30-2/h3-16,22-23H,1-2H3,(H,28,29)/t16-,22-,23+/m0/s1. The summed E-state index contributed by atoms with van der Waals surface area (Å²) in [7, 11) is 1.63. The Morgan fingerprint density at radius 2 is 1.61 bits per heavy atom. The van der Waals surface area contributed by atoms with Gasteiger partial charge in [-0.25, -0.2) is 4.79 Å². The molecule has 1 heterocycles. The molecule has 6 heteroatoms. The van der Waals surface area contributed by atoms with Crippen LogP contribution in [-0.2, 0) is 9.59 Å². The van der Waals surface area contributed by atoms with Crippen molar-refractivity contribution in [3.8, 4) is 22.6 Å². The molecule has 158 valence electrons. The summed E-state index contributed by atoms with van der Waals surface area (Å²) >= 11 is 0. The third kappa shape index (κ3) is 3.97. The lowest BCUT2D eigenvalue weighted by molar-refractivity contribution is -0.175. The monoisotopic (exact) mass is 417 g/mol. The molecule has 0 saturated carbocycles. The highest BCUT2D eigenvalue weighted by Crippen LogP contribution is 2.40. The van der Waals surface area contributed by atoms with Crippen molar-refractivity contribution in [3.63, 3.8) is 0 Å². The van der Waals surface area contributed by atoms with E-state index in [1.165, 1.54) is 11.8 Å². The highest BCUT2D eigenvalue weighted by molar-refractivity contribution is 5.93. The number of aliphatic carboxylic acids is 1. The molecule has 4 rings (SSSR count). The molecule has 1 aliphatic rings. The molecule has 0 aliphatic carbocycles. The first-order valence-electron chi connectivity index (χ1n) is 10.0. The van der Waals surface area contributed by atoms with Crippen molar-refractivity contribution in [1.82, 2.24) is 4.90 Å². The molecule has 31 heavy (non-hydrogen) atoms. The lowest BCUT2D eigenvalue weighted by atomic mass is 9.87. The number of carbonyl (C=O) groups excluding carboxylic acids is 1. The lowest BCUT2D eigenvalue weighted by Crippen LogP contribution is -2.65. The number of methoxy groups -OCH3 is 1. The zero-order valence-corrected chi connectivity index (χ0v) is 17.3. The molecule has 1 fully saturated rings. The van der Waals surface area contributed by atoms with Gasteiger partial charge in [0.2, 0.25) is 6.10 Å². The van der Waals surface area contributed by atoms with Crippen molar-refractivity contribution in [2.24, 2.45) is 0 Å². The molecule has 1 saturated heterocycles. The Balaban J connectivity index is 1.63. The van der Waals surface area contributed by atoms with Gasteiger partial charge in [-0.3, -0.25) is 4.79 Å². The number of rotatable bonds is 7. The smallest absolute Gasteiger partial charge is 0.326 e. The van der Waals surface area contributed by atoms with Crippen molar-refractivity contribution >= 4 is 11.9 Å². The molecule has 1 aliphatic heterocycles. The van der Waals surface area contributed by atoms with Gasteiger partial charge in [0.05, 0.1) is 7.11 Å². The number of ether oxygens (including phenoxy) is 2. The third-order valence-corrected chi connectivity index (χ3v) is 5.52. The molecular formula is C25H23NO5. The number of hydrogen-bond acceptors (Lipinski definition) is 4. The average molecular weight is 417 g/mol. The van der Waals surface area contributed by atoms with E-state index >= 15 is 0 Å². The summed E-state index contributed by atoms with van der Waals surface area (Å²) < 4.78 is 11.2. The number of carbonyl (C=O) groups is 2. The van der Waals surface area contributed by atoms with Crippen LogP contribution < -0.4 is 9.47 Å². The summed E-state index contributed by atoms with van der Waals surface area (Å²) in [5, 5.41) is 9.47. The van der Waals surface area contributed by atoms with E-state index in [2.05, 4.69) is 0 Å². The number of likely N-dealkylation sites (tertiary alicyclic amines) is 1. The van der Waals surface area contributed by atoms with Crippen molar-refractivity contribution in [2.75, 3.05) is 7.11 Å². The molecule has 6 nitrogen and oxygen atoms in total. The van der Waals surface area contributed by atoms with Crippen LogP contribution in [0.5, 0.6) is 11.5 Å². The predicted molar refractivity (Wildman–Crippen MR) is 116 cm³/mol. The first-order valence-corrected chi connectivity index (χ1v) is 10.0. The second-order valence-electron chi connectivity index (χ2n) is 7.41. The molecule has 0 radical (unpaired) electrons. The van der Waals surface area contributed by atoms with E-state index in [9.17, 15) is 14.7 Å². The lowest BCUT2D eigenvalue weighted by Gasteiger charge is -2.48. The van der Waals surface area contributed by atoms with Crippen molar-refractivity contribution in [2.45, 2.75) is 25.1 Å². The normalized spacial score (nSPS) is 18.8. The van der Waals surface area contributed by atoms with Crippen molar-refractivity contribution < 1.29 is 24.2 Å². The van der Waals surface area contributed by atoms with E-state index in [1.807, 2.05) is 66.7 Å². The minimum atomic E-state index is -1.05. The van der Waals surface area contributed by atoms with E-state index in [0.29, 0.717) is 5.75 Å². The topological polar surface area (TPSA) is 76.1 Å². The van der Waals surface area contributed by atoms with Crippen LogP contribution >= 0.6 is 0 Å². The van der Waals surface area contributed by atoms with Gasteiger partial charge in [0, 0.05) is 0 Å². The Bertz CT molecular complexity index is 1080. The number of carboxylic acids is 1. The summed E-state index contributed by atoms with van der Waals surface area (Å²) in [4.78, 5) is 25.7. The second-order valence-corrected chi connectivity index (χ2v) is 7.41. The molecule has 3 aromatic rings. The summed E-state index contributed by atoms with van der Waals surface area (Å²) in [5.41, 5.74) is 2.82. The molecule has 0 bridgehead atoms. The van der Waals surface area contributed by atoms with E-state index in [1.54, 1.807) is 19.2 Å². The van der Waals surface area contributed by atoms with Crippen LogP contribution in [0.2, 0.25) is 0 Å². The fourth-order valence-electron chi connectivity index (χ4n) is 3.80. The molecule has 3 aromatic carbocycles. The van der Waals surface area contributed by atoms with Gasteiger partial charge in [-0.2, -0.15) is 0 Å². The van der Waals surface area contributed by atoms with E-state index in [-0.39, 0.29) is 5.91 Å². The molecule has 0 unspecified atom stereocenters. The summed E-state index contributed by atoms with van der Waals surface area (Å²) in [6.45, 7) is 1.51. The molecule has 0 aromatic heterocycles. The van der Waals surface area contributed by atoms with Crippen LogP contribution in [0.25, 0.3) is 11.1 Å². The van der Waals surface area contributed by atoms with E-state index in [4.69, 9.17) is 9.47 Å². The maximum atomic E-state index is 12.8. The highest BCUT2D eigenvalue weighted by Gasteiger charge is 2.53. The Labute approximate surface area is 180 Å². The first-order chi connectivity index (χ1) is 15.0. The molecule has 1 amide bonds. The molecular weight excluding hydrogens is 394 g/mol. The molecule has 3 atom stereocenters. The first kappa shape index (κ1) is 20.5. The van der Waals surface area contributed by atoms with Crippen LogP contribution in [0.15, 0.2) is 78.9 Å². The largest absolute Gasteiger partial charge is 0.497 e.